The van der Waals surface area contributed by atoms with Gasteiger partial charge in [0.1, 0.15) is 5.25 Å². The number of hydrogen-bond acceptors (Lipinski definition) is 4. The molecule has 0 aromatic rings. The lowest BCUT2D eigenvalue weighted by atomic mass is 10.4. The van der Waals surface area contributed by atoms with Crippen molar-refractivity contribution in [2.75, 3.05) is 13.7 Å². The van der Waals surface area contributed by atoms with Crippen LogP contribution in [0.15, 0.2) is 0 Å². The van der Waals surface area contributed by atoms with E-state index in [1.165, 1.54) is 18.9 Å². The molecule has 15 heavy (non-hydrogen) atoms. The summed E-state index contributed by atoms with van der Waals surface area (Å²) in [4.78, 5) is 22.6. The molecule has 0 radical (unpaired) electrons. The van der Waals surface area contributed by atoms with E-state index in [4.69, 9.17) is 0 Å². The van der Waals surface area contributed by atoms with Crippen molar-refractivity contribution in [1.29, 1.82) is 0 Å². The standard InChI is InChI=1S/C10H19NO3S/c1-5-6-11-9(12)7(2)15-8(3)10(13)14-4/h7-8H,5-6H2,1-4H3,(H,11,12). The Morgan fingerprint density at radius 1 is 1.33 bits per heavy atom. The van der Waals surface area contributed by atoms with Crippen LogP contribution < -0.4 is 5.32 Å². The number of carbonyl (C=O) groups excluding carboxylic acids is 2. The van der Waals surface area contributed by atoms with Crippen LogP contribution in [0.2, 0.25) is 0 Å². The van der Waals surface area contributed by atoms with E-state index in [1.807, 2.05) is 6.92 Å². The van der Waals surface area contributed by atoms with Crippen LogP contribution in [0.3, 0.4) is 0 Å². The molecular formula is C10H19NO3S. The summed E-state index contributed by atoms with van der Waals surface area (Å²) in [7, 11) is 1.35. The molecule has 0 aromatic carbocycles. The third-order valence-corrected chi connectivity index (χ3v) is 3.08. The van der Waals surface area contributed by atoms with Crippen LogP contribution in [0.4, 0.5) is 0 Å². The van der Waals surface area contributed by atoms with Crippen molar-refractivity contribution in [2.45, 2.75) is 37.7 Å². The number of amides is 1. The highest BCUT2D eigenvalue weighted by molar-refractivity contribution is 8.01. The summed E-state index contributed by atoms with van der Waals surface area (Å²) in [6, 6.07) is 0. The van der Waals surface area contributed by atoms with Gasteiger partial charge in [0.2, 0.25) is 5.91 Å². The van der Waals surface area contributed by atoms with Crippen LogP contribution in [0.5, 0.6) is 0 Å². The molecule has 2 atom stereocenters. The Balaban J connectivity index is 3.95. The average Bonchev–Trinajstić information content (AvgIpc) is 2.24. The lowest BCUT2D eigenvalue weighted by molar-refractivity contribution is -0.139. The minimum absolute atomic E-state index is 0.0300. The first-order valence-corrected chi connectivity index (χ1v) is 5.98. The van der Waals surface area contributed by atoms with Gasteiger partial charge in [0.25, 0.3) is 0 Å². The van der Waals surface area contributed by atoms with E-state index in [9.17, 15) is 9.59 Å². The van der Waals surface area contributed by atoms with Crippen LogP contribution in [0.25, 0.3) is 0 Å². The summed E-state index contributed by atoms with van der Waals surface area (Å²) in [6.07, 6.45) is 0.912. The van der Waals surface area contributed by atoms with Crippen LogP contribution in [0, 0.1) is 0 Å². The fourth-order valence-electron chi connectivity index (χ4n) is 0.981. The highest BCUT2D eigenvalue weighted by Crippen LogP contribution is 2.18. The van der Waals surface area contributed by atoms with E-state index < -0.39 is 0 Å². The molecule has 0 heterocycles. The molecule has 0 saturated carbocycles. The highest BCUT2D eigenvalue weighted by atomic mass is 32.2. The maximum absolute atomic E-state index is 11.5. The number of nitrogens with one attached hydrogen (secondary N) is 1. The van der Waals surface area contributed by atoms with Crippen molar-refractivity contribution < 1.29 is 14.3 Å². The maximum Gasteiger partial charge on any atom is 0.318 e. The highest BCUT2D eigenvalue weighted by Gasteiger charge is 2.21. The van der Waals surface area contributed by atoms with Gasteiger partial charge >= 0.3 is 5.97 Å². The lowest BCUT2D eigenvalue weighted by Crippen LogP contribution is -2.33. The van der Waals surface area contributed by atoms with Crippen LogP contribution in [-0.2, 0) is 14.3 Å². The fraction of sp³-hybridized carbons (Fsp3) is 0.800. The van der Waals surface area contributed by atoms with Crippen molar-refractivity contribution in [1.82, 2.24) is 5.32 Å². The molecule has 5 heteroatoms. The Bertz CT molecular complexity index is 221. The van der Waals surface area contributed by atoms with Gasteiger partial charge in [0.15, 0.2) is 0 Å². The second-order valence-corrected chi connectivity index (χ2v) is 4.92. The smallest absolute Gasteiger partial charge is 0.318 e. The van der Waals surface area contributed by atoms with Gasteiger partial charge in [-0.05, 0) is 20.3 Å². The second kappa shape index (κ2) is 7.56. The quantitative estimate of drug-likeness (QED) is 0.700. The van der Waals surface area contributed by atoms with Crippen molar-refractivity contribution in [3.63, 3.8) is 0 Å². The summed E-state index contributed by atoms with van der Waals surface area (Å²) < 4.78 is 4.58. The molecule has 2 unspecified atom stereocenters. The molecule has 4 nitrogen and oxygen atoms in total. The molecule has 0 rings (SSSR count). The first kappa shape index (κ1) is 14.3. The molecule has 0 aliphatic rings. The van der Waals surface area contributed by atoms with Gasteiger partial charge in [-0.25, -0.2) is 0 Å². The summed E-state index contributed by atoms with van der Waals surface area (Å²) in [6.45, 7) is 6.20. The minimum atomic E-state index is -0.308. The van der Waals surface area contributed by atoms with Gasteiger partial charge in [-0.15, -0.1) is 11.8 Å². The maximum atomic E-state index is 11.5. The number of hydrogen-bond donors (Lipinski definition) is 1. The summed E-state index contributed by atoms with van der Waals surface area (Å²) in [5.74, 6) is -0.326. The van der Waals surface area contributed by atoms with Gasteiger partial charge in [0.05, 0.1) is 12.4 Å². The number of carbonyl (C=O) groups is 2. The predicted octanol–water partition coefficient (Wildman–Crippen LogP) is 1.20. The molecule has 88 valence electrons. The fourth-order valence-corrected chi connectivity index (χ4v) is 2.01. The van der Waals surface area contributed by atoms with E-state index in [-0.39, 0.29) is 22.4 Å². The summed E-state index contributed by atoms with van der Waals surface area (Å²) in [5.41, 5.74) is 0. The number of esters is 1. The number of ether oxygens (including phenoxy) is 1. The average molecular weight is 233 g/mol. The first-order chi connectivity index (χ1) is 7.02. The molecule has 0 saturated heterocycles. The SMILES string of the molecule is CCCNC(=O)C(C)SC(C)C(=O)OC. The van der Waals surface area contributed by atoms with Gasteiger partial charge in [-0.3, -0.25) is 9.59 Å². The van der Waals surface area contributed by atoms with E-state index in [2.05, 4.69) is 10.1 Å². The second-order valence-electron chi connectivity index (χ2n) is 3.23. The first-order valence-electron chi connectivity index (χ1n) is 5.03. The van der Waals surface area contributed by atoms with E-state index >= 15 is 0 Å². The normalized spacial score (nSPS) is 14.1. The van der Waals surface area contributed by atoms with E-state index in [0.717, 1.165) is 6.42 Å². The predicted molar refractivity (Wildman–Crippen MR) is 61.8 cm³/mol. The topological polar surface area (TPSA) is 55.4 Å². The van der Waals surface area contributed by atoms with E-state index in [1.54, 1.807) is 13.8 Å². The molecular weight excluding hydrogens is 214 g/mol. The van der Waals surface area contributed by atoms with Crippen LogP contribution >= 0.6 is 11.8 Å². The molecule has 0 aliphatic heterocycles. The van der Waals surface area contributed by atoms with Gasteiger partial charge in [-0.1, -0.05) is 6.92 Å². The number of methoxy groups -OCH3 is 1. The third kappa shape index (κ3) is 5.67. The van der Waals surface area contributed by atoms with Crippen LogP contribution in [-0.4, -0.2) is 36.0 Å². The Morgan fingerprint density at radius 2 is 1.93 bits per heavy atom. The molecule has 0 aromatic heterocycles. The number of rotatable bonds is 6. The van der Waals surface area contributed by atoms with Crippen molar-refractivity contribution in [3.05, 3.63) is 0 Å². The molecule has 0 bridgehead atoms. The van der Waals surface area contributed by atoms with Gasteiger partial charge in [-0.2, -0.15) is 0 Å². The zero-order chi connectivity index (χ0) is 11.8. The van der Waals surface area contributed by atoms with Crippen molar-refractivity contribution >= 4 is 23.6 Å². The molecule has 1 amide bonds. The van der Waals surface area contributed by atoms with Crippen molar-refractivity contribution in [3.8, 4) is 0 Å². The molecule has 1 N–H and O–H groups in total. The van der Waals surface area contributed by atoms with Gasteiger partial charge in [0, 0.05) is 6.54 Å². The van der Waals surface area contributed by atoms with Crippen LogP contribution in [0.1, 0.15) is 27.2 Å². The number of thioether (sulfide) groups is 1. The zero-order valence-electron chi connectivity index (χ0n) is 9.70. The summed E-state index contributed by atoms with van der Waals surface area (Å²) in [5, 5.41) is 2.24. The van der Waals surface area contributed by atoms with Gasteiger partial charge < -0.3 is 10.1 Å². The minimum Gasteiger partial charge on any atom is -0.468 e. The molecule has 0 spiro atoms. The largest absolute Gasteiger partial charge is 0.468 e. The zero-order valence-corrected chi connectivity index (χ0v) is 10.5. The van der Waals surface area contributed by atoms with Crippen molar-refractivity contribution in [2.24, 2.45) is 0 Å². The lowest BCUT2D eigenvalue weighted by Gasteiger charge is -2.14. The Hall–Kier alpha value is -0.710. The van der Waals surface area contributed by atoms with E-state index in [0.29, 0.717) is 6.54 Å². The molecule has 0 aliphatic carbocycles. The Kier molecular flexibility index (Phi) is 7.21. The Labute approximate surface area is 95.1 Å². The molecule has 0 fully saturated rings. The monoisotopic (exact) mass is 233 g/mol. The summed E-state index contributed by atoms with van der Waals surface area (Å²) >= 11 is 1.30. The Morgan fingerprint density at radius 3 is 2.40 bits per heavy atom. The third-order valence-electron chi connectivity index (χ3n) is 1.86.